The SMILES string of the molecule is C=CCC(O[SiH3])c1cc(F)cc(F)c1F. The minimum Gasteiger partial charge on any atom is -0.421 e. The summed E-state index contributed by atoms with van der Waals surface area (Å²) in [5, 5.41) is 0. The lowest BCUT2D eigenvalue weighted by Crippen LogP contribution is -2.06. The minimum absolute atomic E-state index is 0.0950. The maximum atomic E-state index is 13.3. The van der Waals surface area contributed by atoms with Crippen LogP contribution in [0.5, 0.6) is 0 Å². The molecule has 0 fully saturated rings. The fourth-order valence-corrected chi connectivity index (χ4v) is 1.76. The summed E-state index contributed by atoms with van der Waals surface area (Å²) in [6.45, 7) is 3.47. The highest BCUT2D eigenvalue weighted by atomic mass is 28.2. The van der Waals surface area contributed by atoms with E-state index in [0.29, 0.717) is 23.0 Å². The van der Waals surface area contributed by atoms with E-state index in [1.165, 1.54) is 6.08 Å². The Balaban J connectivity index is 3.15. The molecule has 82 valence electrons. The van der Waals surface area contributed by atoms with Crippen molar-refractivity contribution >= 4 is 10.5 Å². The van der Waals surface area contributed by atoms with Crippen LogP contribution in [0.15, 0.2) is 24.8 Å². The second kappa shape index (κ2) is 5.13. The number of rotatable bonds is 4. The molecule has 1 aromatic rings. The van der Waals surface area contributed by atoms with Crippen molar-refractivity contribution in [2.24, 2.45) is 0 Å². The first kappa shape index (κ1) is 12.0. The van der Waals surface area contributed by atoms with E-state index < -0.39 is 23.6 Å². The Labute approximate surface area is 89.1 Å². The van der Waals surface area contributed by atoms with Crippen molar-refractivity contribution in [1.82, 2.24) is 0 Å². The number of halogens is 3. The van der Waals surface area contributed by atoms with Crippen molar-refractivity contribution in [1.29, 1.82) is 0 Å². The molecular formula is C10H11F3OSi. The lowest BCUT2D eigenvalue weighted by molar-refractivity contribution is 0.222. The van der Waals surface area contributed by atoms with Crippen LogP contribution in [0.4, 0.5) is 13.2 Å². The Kier molecular flexibility index (Phi) is 4.11. The third-order valence-electron chi connectivity index (χ3n) is 2.03. The van der Waals surface area contributed by atoms with E-state index in [0.717, 1.165) is 6.07 Å². The average molecular weight is 232 g/mol. The molecular weight excluding hydrogens is 221 g/mol. The molecule has 0 N–H and O–H groups in total. The third kappa shape index (κ3) is 2.70. The number of hydrogen-bond acceptors (Lipinski definition) is 1. The van der Waals surface area contributed by atoms with Gasteiger partial charge in [0.1, 0.15) is 16.3 Å². The highest BCUT2D eigenvalue weighted by Crippen LogP contribution is 2.25. The van der Waals surface area contributed by atoms with Crippen LogP contribution in [0, 0.1) is 17.5 Å². The highest BCUT2D eigenvalue weighted by molar-refractivity contribution is 5.98. The molecule has 1 nitrogen and oxygen atoms in total. The van der Waals surface area contributed by atoms with E-state index in [2.05, 4.69) is 6.58 Å². The van der Waals surface area contributed by atoms with Crippen molar-refractivity contribution in [3.05, 3.63) is 47.8 Å². The van der Waals surface area contributed by atoms with Crippen molar-refractivity contribution in [3.8, 4) is 0 Å². The summed E-state index contributed by atoms with van der Waals surface area (Å²) in [6, 6.07) is 1.46. The van der Waals surface area contributed by atoms with Crippen molar-refractivity contribution in [2.45, 2.75) is 12.5 Å². The van der Waals surface area contributed by atoms with E-state index in [1.807, 2.05) is 0 Å². The molecule has 0 saturated carbocycles. The summed E-state index contributed by atoms with van der Waals surface area (Å²) in [5.41, 5.74) is -0.0950. The van der Waals surface area contributed by atoms with Gasteiger partial charge in [0.2, 0.25) is 0 Å². The molecule has 1 unspecified atom stereocenters. The first-order chi connectivity index (χ1) is 7.10. The summed E-state index contributed by atoms with van der Waals surface area (Å²) < 4.78 is 44.1. The zero-order chi connectivity index (χ0) is 11.4. The highest BCUT2D eigenvalue weighted by Gasteiger charge is 2.18. The molecule has 0 aliphatic carbocycles. The van der Waals surface area contributed by atoms with Gasteiger partial charge in [0, 0.05) is 11.6 Å². The molecule has 1 rings (SSSR count). The van der Waals surface area contributed by atoms with Gasteiger partial charge in [-0.1, -0.05) is 6.08 Å². The van der Waals surface area contributed by atoms with Gasteiger partial charge < -0.3 is 4.43 Å². The normalized spacial score (nSPS) is 12.7. The van der Waals surface area contributed by atoms with Crippen molar-refractivity contribution < 1.29 is 17.6 Å². The van der Waals surface area contributed by atoms with E-state index in [-0.39, 0.29) is 5.56 Å². The van der Waals surface area contributed by atoms with Gasteiger partial charge in [0.15, 0.2) is 11.6 Å². The Morgan fingerprint density at radius 2 is 2.07 bits per heavy atom. The molecule has 0 spiro atoms. The van der Waals surface area contributed by atoms with Crippen LogP contribution in [0.2, 0.25) is 0 Å². The van der Waals surface area contributed by atoms with Crippen molar-refractivity contribution in [3.63, 3.8) is 0 Å². The molecule has 0 radical (unpaired) electrons. The largest absolute Gasteiger partial charge is 0.421 e. The molecule has 1 aromatic carbocycles. The topological polar surface area (TPSA) is 9.23 Å². The maximum Gasteiger partial charge on any atom is 0.164 e. The quantitative estimate of drug-likeness (QED) is 0.438. The summed E-state index contributed by atoms with van der Waals surface area (Å²) in [5.74, 6) is -3.06. The van der Waals surface area contributed by atoms with Gasteiger partial charge in [-0.3, -0.25) is 0 Å². The Hall–Kier alpha value is -1.07. The second-order valence-corrected chi connectivity index (χ2v) is 3.51. The van der Waals surface area contributed by atoms with Gasteiger partial charge in [-0.15, -0.1) is 6.58 Å². The molecule has 0 heterocycles. The van der Waals surface area contributed by atoms with Gasteiger partial charge in [-0.05, 0) is 12.5 Å². The first-order valence-corrected chi connectivity index (χ1v) is 5.20. The molecule has 5 heteroatoms. The summed E-state index contributed by atoms with van der Waals surface area (Å²) in [4.78, 5) is 0. The summed E-state index contributed by atoms with van der Waals surface area (Å²) in [7, 11) is 0.356. The molecule has 0 aliphatic rings. The van der Waals surface area contributed by atoms with Gasteiger partial charge in [0.25, 0.3) is 0 Å². The van der Waals surface area contributed by atoms with Crippen LogP contribution in [-0.2, 0) is 4.43 Å². The van der Waals surface area contributed by atoms with Crippen molar-refractivity contribution in [2.75, 3.05) is 0 Å². The smallest absolute Gasteiger partial charge is 0.164 e. The predicted octanol–water partition coefficient (Wildman–Crippen LogP) is 2.02. The molecule has 0 aromatic heterocycles. The number of benzene rings is 1. The summed E-state index contributed by atoms with van der Waals surface area (Å²) >= 11 is 0. The van der Waals surface area contributed by atoms with E-state index in [1.54, 1.807) is 0 Å². The average Bonchev–Trinajstić information content (AvgIpc) is 2.20. The Morgan fingerprint density at radius 1 is 1.40 bits per heavy atom. The predicted molar refractivity (Wildman–Crippen MR) is 54.9 cm³/mol. The van der Waals surface area contributed by atoms with Crippen LogP contribution >= 0.6 is 0 Å². The van der Waals surface area contributed by atoms with E-state index in [9.17, 15) is 13.2 Å². The zero-order valence-corrected chi connectivity index (χ0v) is 10.3. The molecule has 15 heavy (non-hydrogen) atoms. The molecule has 1 atom stereocenters. The van der Waals surface area contributed by atoms with E-state index in [4.69, 9.17) is 4.43 Å². The zero-order valence-electron chi connectivity index (χ0n) is 8.27. The molecule has 0 saturated heterocycles. The first-order valence-electron chi connectivity index (χ1n) is 4.38. The molecule has 0 bridgehead atoms. The van der Waals surface area contributed by atoms with Crippen LogP contribution in [0.25, 0.3) is 0 Å². The molecule has 0 amide bonds. The fraction of sp³-hybridized carbons (Fsp3) is 0.200. The third-order valence-corrected chi connectivity index (χ3v) is 2.60. The lowest BCUT2D eigenvalue weighted by Gasteiger charge is -2.15. The number of hydrogen-bond donors (Lipinski definition) is 0. The van der Waals surface area contributed by atoms with Gasteiger partial charge >= 0.3 is 0 Å². The van der Waals surface area contributed by atoms with Crippen LogP contribution in [0.1, 0.15) is 18.1 Å². The van der Waals surface area contributed by atoms with E-state index >= 15 is 0 Å². The lowest BCUT2D eigenvalue weighted by atomic mass is 10.1. The Morgan fingerprint density at radius 3 is 2.60 bits per heavy atom. The monoisotopic (exact) mass is 232 g/mol. The second-order valence-electron chi connectivity index (χ2n) is 3.04. The Bertz CT molecular complexity index is 368. The summed E-state index contributed by atoms with van der Waals surface area (Å²) in [6.07, 6.45) is 1.19. The fourth-order valence-electron chi connectivity index (χ4n) is 1.31. The van der Waals surface area contributed by atoms with Gasteiger partial charge in [-0.25, -0.2) is 13.2 Å². The minimum atomic E-state index is -1.20. The van der Waals surface area contributed by atoms with Gasteiger partial charge in [0.05, 0.1) is 6.10 Å². The van der Waals surface area contributed by atoms with Gasteiger partial charge in [-0.2, -0.15) is 0 Å². The standard InChI is InChI=1S/C10H11F3OSi/c1-2-3-9(14-15)7-4-6(11)5-8(12)10(7)13/h2,4-5,9H,1,3H2,15H3. The molecule has 0 aliphatic heterocycles. The van der Waals surface area contributed by atoms with Crippen LogP contribution in [0.3, 0.4) is 0 Å². The van der Waals surface area contributed by atoms with Crippen LogP contribution in [-0.4, -0.2) is 10.5 Å². The van der Waals surface area contributed by atoms with Crippen LogP contribution < -0.4 is 0 Å². The maximum absolute atomic E-state index is 13.3.